The van der Waals surface area contributed by atoms with Crippen molar-refractivity contribution < 1.29 is 28.7 Å². The van der Waals surface area contributed by atoms with Crippen molar-refractivity contribution in [1.29, 1.82) is 0 Å². The van der Waals surface area contributed by atoms with Crippen molar-refractivity contribution in [3.05, 3.63) is 0 Å². The molecule has 25 heavy (non-hydrogen) atoms. The Morgan fingerprint density at radius 2 is 1.92 bits per heavy atom. The van der Waals surface area contributed by atoms with E-state index in [0.29, 0.717) is 6.42 Å². The van der Waals surface area contributed by atoms with Crippen LogP contribution < -0.4 is 5.32 Å². The van der Waals surface area contributed by atoms with Gasteiger partial charge in [0.15, 0.2) is 6.61 Å². The fourth-order valence-electron chi connectivity index (χ4n) is 3.32. The number of carbonyl (C=O) groups is 4. The number of rotatable bonds is 4. The van der Waals surface area contributed by atoms with Crippen molar-refractivity contribution in [2.45, 2.75) is 64.5 Å². The molecule has 8 heteroatoms. The highest BCUT2D eigenvalue weighted by molar-refractivity contribution is 6.09. The third-order valence-corrected chi connectivity index (χ3v) is 4.56. The standard InChI is InChI=1S/C17H26N2O6/c1-11-7-5-6-8-17(11)14(22)19(15(23)18-17)9-12(20)24-10-13(21)25-16(2,3)4/h11H,5-10H2,1-4H3,(H,18,23)/t11-,17+/m0/s1. The van der Waals surface area contributed by atoms with Crippen LogP contribution in [0.2, 0.25) is 0 Å². The minimum Gasteiger partial charge on any atom is -0.457 e. The fourth-order valence-corrected chi connectivity index (χ4v) is 3.32. The summed E-state index contributed by atoms with van der Waals surface area (Å²) >= 11 is 0. The summed E-state index contributed by atoms with van der Waals surface area (Å²) in [6.07, 6.45) is 3.29. The topological polar surface area (TPSA) is 102 Å². The molecule has 1 saturated carbocycles. The number of esters is 2. The summed E-state index contributed by atoms with van der Waals surface area (Å²) in [6.45, 7) is 5.96. The van der Waals surface area contributed by atoms with Gasteiger partial charge in [0.05, 0.1) is 0 Å². The number of imide groups is 1. The first-order valence-corrected chi connectivity index (χ1v) is 8.57. The predicted octanol–water partition coefficient (Wildman–Crippen LogP) is 1.37. The van der Waals surface area contributed by atoms with Gasteiger partial charge in [0.2, 0.25) is 0 Å². The average Bonchev–Trinajstić information content (AvgIpc) is 2.72. The SMILES string of the molecule is C[C@H]1CCCC[C@@]12NC(=O)N(CC(=O)OCC(=O)OC(C)(C)C)C2=O. The Labute approximate surface area is 147 Å². The molecule has 2 atom stereocenters. The van der Waals surface area contributed by atoms with E-state index in [2.05, 4.69) is 5.32 Å². The molecule has 1 saturated heterocycles. The van der Waals surface area contributed by atoms with Crippen LogP contribution in [0, 0.1) is 5.92 Å². The summed E-state index contributed by atoms with van der Waals surface area (Å²) in [5.41, 5.74) is -1.60. The molecule has 0 aromatic rings. The molecule has 1 spiro atoms. The average molecular weight is 354 g/mol. The van der Waals surface area contributed by atoms with Gasteiger partial charge in [-0.3, -0.25) is 14.5 Å². The van der Waals surface area contributed by atoms with Gasteiger partial charge in [0, 0.05) is 0 Å². The number of hydrogen-bond donors (Lipinski definition) is 1. The smallest absolute Gasteiger partial charge is 0.344 e. The summed E-state index contributed by atoms with van der Waals surface area (Å²) in [6, 6.07) is -0.590. The second-order valence-corrected chi connectivity index (χ2v) is 7.69. The van der Waals surface area contributed by atoms with Crippen molar-refractivity contribution in [1.82, 2.24) is 10.2 Å². The maximum absolute atomic E-state index is 12.7. The Bertz CT molecular complexity index is 582. The Morgan fingerprint density at radius 3 is 2.52 bits per heavy atom. The predicted molar refractivity (Wildman–Crippen MR) is 87.4 cm³/mol. The molecule has 3 amide bonds. The molecule has 2 fully saturated rings. The molecule has 2 aliphatic rings. The van der Waals surface area contributed by atoms with Crippen LogP contribution in [0.5, 0.6) is 0 Å². The highest BCUT2D eigenvalue weighted by Gasteiger charge is 2.55. The molecule has 140 valence electrons. The largest absolute Gasteiger partial charge is 0.457 e. The van der Waals surface area contributed by atoms with Crippen molar-refractivity contribution in [2.75, 3.05) is 13.2 Å². The zero-order valence-corrected chi connectivity index (χ0v) is 15.2. The van der Waals surface area contributed by atoms with E-state index in [1.165, 1.54) is 0 Å². The third-order valence-electron chi connectivity index (χ3n) is 4.56. The Balaban J connectivity index is 1.91. The van der Waals surface area contributed by atoms with E-state index in [1.807, 2.05) is 6.92 Å². The van der Waals surface area contributed by atoms with E-state index in [-0.39, 0.29) is 11.8 Å². The molecule has 2 rings (SSSR count). The van der Waals surface area contributed by atoms with Crippen LogP contribution in [0.4, 0.5) is 4.79 Å². The summed E-state index contributed by atoms with van der Waals surface area (Å²) in [4.78, 5) is 49.2. The molecule has 0 aromatic carbocycles. The van der Waals surface area contributed by atoms with Crippen LogP contribution >= 0.6 is 0 Å². The van der Waals surface area contributed by atoms with E-state index < -0.39 is 42.3 Å². The summed E-state index contributed by atoms with van der Waals surface area (Å²) in [7, 11) is 0. The summed E-state index contributed by atoms with van der Waals surface area (Å²) in [5, 5.41) is 2.76. The zero-order chi connectivity index (χ0) is 18.8. The lowest BCUT2D eigenvalue weighted by Gasteiger charge is -2.36. The molecule has 0 bridgehead atoms. The van der Waals surface area contributed by atoms with Gasteiger partial charge >= 0.3 is 18.0 Å². The van der Waals surface area contributed by atoms with Crippen molar-refractivity contribution in [2.24, 2.45) is 5.92 Å². The van der Waals surface area contributed by atoms with Gasteiger partial charge in [-0.25, -0.2) is 9.59 Å². The minimum absolute atomic E-state index is 0.0143. The van der Waals surface area contributed by atoms with Crippen LogP contribution in [0.1, 0.15) is 53.4 Å². The number of amides is 3. The molecular weight excluding hydrogens is 328 g/mol. The van der Waals surface area contributed by atoms with Crippen LogP contribution in [-0.4, -0.2) is 53.1 Å². The Hall–Kier alpha value is -2.12. The first kappa shape index (κ1) is 19.2. The van der Waals surface area contributed by atoms with E-state index >= 15 is 0 Å². The number of carbonyl (C=O) groups excluding carboxylic acids is 4. The van der Waals surface area contributed by atoms with E-state index in [9.17, 15) is 19.2 Å². The van der Waals surface area contributed by atoms with Gasteiger partial charge in [0.1, 0.15) is 17.7 Å². The number of nitrogens with zero attached hydrogens (tertiary/aromatic N) is 1. The molecule has 0 unspecified atom stereocenters. The highest BCUT2D eigenvalue weighted by Crippen LogP contribution is 2.38. The van der Waals surface area contributed by atoms with Crippen molar-refractivity contribution >= 4 is 23.9 Å². The number of hydrogen-bond acceptors (Lipinski definition) is 6. The number of ether oxygens (including phenoxy) is 2. The van der Waals surface area contributed by atoms with Crippen LogP contribution in [0.15, 0.2) is 0 Å². The first-order valence-electron chi connectivity index (χ1n) is 8.57. The molecule has 1 N–H and O–H groups in total. The lowest BCUT2D eigenvalue weighted by molar-refractivity contribution is -0.166. The molecule has 1 aliphatic heterocycles. The highest BCUT2D eigenvalue weighted by atomic mass is 16.6. The normalized spacial score (nSPS) is 26.6. The van der Waals surface area contributed by atoms with Gasteiger partial charge < -0.3 is 14.8 Å². The van der Waals surface area contributed by atoms with Crippen molar-refractivity contribution in [3.63, 3.8) is 0 Å². The number of nitrogens with one attached hydrogen (secondary N) is 1. The van der Waals surface area contributed by atoms with Gasteiger partial charge in [-0.1, -0.05) is 19.8 Å². The van der Waals surface area contributed by atoms with Crippen LogP contribution in [0.25, 0.3) is 0 Å². The Kier molecular flexibility index (Phi) is 5.39. The maximum Gasteiger partial charge on any atom is 0.344 e. The minimum atomic E-state index is -0.916. The summed E-state index contributed by atoms with van der Waals surface area (Å²) in [5.74, 6) is -1.88. The fraction of sp³-hybridized carbons (Fsp3) is 0.765. The summed E-state index contributed by atoms with van der Waals surface area (Å²) < 4.78 is 9.85. The first-order chi connectivity index (χ1) is 11.5. The molecule has 1 heterocycles. The van der Waals surface area contributed by atoms with E-state index in [4.69, 9.17) is 9.47 Å². The number of urea groups is 1. The second kappa shape index (κ2) is 7.01. The lowest BCUT2D eigenvalue weighted by atomic mass is 9.73. The second-order valence-electron chi connectivity index (χ2n) is 7.69. The maximum atomic E-state index is 12.7. The van der Waals surface area contributed by atoms with Gasteiger partial charge in [-0.05, 0) is 39.5 Å². The van der Waals surface area contributed by atoms with Crippen LogP contribution in [-0.2, 0) is 23.9 Å². The lowest BCUT2D eigenvalue weighted by Crippen LogP contribution is -2.54. The molecular formula is C17H26N2O6. The van der Waals surface area contributed by atoms with E-state index in [0.717, 1.165) is 24.2 Å². The Morgan fingerprint density at radius 1 is 1.24 bits per heavy atom. The monoisotopic (exact) mass is 354 g/mol. The quantitative estimate of drug-likeness (QED) is 0.604. The zero-order valence-electron chi connectivity index (χ0n) is 15.2. The van der Waals surface area contributed by atoms with Crippen molar-refractivity contribution in [3.8, 4) is 0 Å². The van der Waals surface area contributed by atoms with Crippen LogP contribution in [0.3, 0.4) is 0 Å². The molecule has 0 radical (unpaired) electrons. The van der Waals surface area contributed by atoms with Gasteiger partial charge in [-0.15, -0.1) is 0 Å². The molecule has 8 nitrogen and oxygen atoms in total. The van der Waals surface area contributed by atoms with Gasteiger partial charge in [-0.2, -0.15) is 0 Å². The van der Waals surface area contributed by atoms with Gasteiger partial charge in [0.25, 0.3) is 5.91 Å². The molecule has 0 aromatic heterocycles. The molecule has 1 aliphatic carbocycles. The van der Waals surface area contributed by atoms with E-state index in [1.54, 1.807) is 20.8 Å². The third kappa shape index (κ3) is 4.29.